The Balaban J connectivity index is 1.53. The second-order valence-electron chi connectivity index (χ2n) is 7.26. The predicted molar refractivity (Wildman–Crippen MR) is 96.0 cm³/mol. The topological polar surface area (TPSA) is 56.6 Å². The third-order valence-corrected chi connectivity index (χ3v) is 5.63. The van der Waals surface area contributed by atoms with Gasteiger partial charge in [-0.05, 0) is 37.4 Å². The van der Waals surface area contributed by atoms with E-state index in [1.165, 1.54) is 0 Å². The Hall–Kier alpha value is -1.90. The summed E-state index contributed by atoms with van der Waals surface area (Å²) in [5, 5.41) is 9.79. The van der Waals surface area contributed by atoms with Gasteiger partial charge in [-0.25, -0.2) is 0 Å². The van der Waals surface area contributed by atoms with E-state index in [0.717, 1.165) is 44.6 Å². The normalized spacial score (nSPS) is 23.6. The van der Waals surface area contributed by atoms with Crippen LogP contribution in [0.25, 0.3) is 0 Å². The number of nitrogens with zero attached hydrogens (tertiary/aromatic N) is 3. The van der Waals surface area contributed by atoms with Gasteiger partial charge in [0.2, 0.25) is 5.91 Å². The summed E-state index contributed by atoms with van der Waals surface area (Å²) in [6, 6.07) is 12.7. The van der Waals surface area contributed by atoms with Crippen LogP contribution in [0.1, 0.15) is 24.8 Å². The molecule has 134 valence electrons. The lowest BCUT2D eigenvalue weighted by Gasteiger charge is -2.38. The SMILES string of the molecule is COCCN1C[C@H](CN2CCC(C#N)(c3ccccc3)CC2)CC1=O. The van der Waals surface area contributed by atoms with E-state index < -0.39 is 0 Å². The van der Waals surface area contributed by atoms with E-state index in [-0.39, 0.29) is 11.3 Å². The molecule has 1 amide bonds. The molecule has 0 aliphatic carbocycles. The van der Waals surface area contributed by atoms with Crippen molar-refractivity contribution in [1.82, 2.24) is 9.80 Å². The zero-order valence-corrected chi connectivity index (χ0v) is 15.0. The first-order valence-electron chi connectivity index (χ1n) is 9.13. The number of carbonyl (C=O) groups is 1. The van der Waals surface area contributed by atoms with Crippen molar-refractivity contribution in [2.45, 2.75) is 24.7 Å². The van der Waals surface area contributed by atoms with Gasteiger partial charge in [0.1, 0.15) is 0 Å². The number of amides is 1. The Morgan fingerprint density at radius 3 is 2.64 bits per heavy atom. The van der Waals surface area contributed by atoms with Crippen LogP contribution in [0, 0.1) is 17.2 Å². The summed E-state index contributed by atoms with van der Waals surface area (Å²) >= 11 is 0. The lowest BCUT2D eigenvalue weighted by atomic mass is 9.74. The molecule has 0 saturated carbocycles. The molecule has 0 aromatic heterocycles. The molecule has 1 aromatic carbocycles. The largest absolute Gasteiger partial charge is 0.383 e. The molecule has 1 atom stereocenters. The summed E-state index contributed by atoms with van der Waals surface area (Å²) in [4.78, 5) is 16.4. The van der Waals surface area contributed by atoms with Crippen LogP contribution >= 0.6 is 0 Å². The van der Waals surface area contributed by atoms with E-state index in [1.54, 1.807) is 7.11 Å². The molecule has 0 N–H and O–H groups in total. The number of hydrogen-bond acceptors (Lipinski definition) is 4. The molecule has 2 aliphatic rings. The van der Waals surface area contributed by atoms with Gasteiger partial charge in [0, 0.05) is 33.2 Å². The van der Waals surface area contributed by atoms with E-state index in [4.69, 9.17) is 4.74 Å². The first-order valence-corrected chi connectivity index (χ1v) is 9.13. The Kier molecular flexibility index (Phi) is 5.72. The molecular weight excluding hydrogens is 314 g/mol. The van der Waals surface area contributed by atoms with Crippen molar-refractivity contribution in [1.29, 1.82) is 5.26 Å². The molecule has 2 heterocycles. The quantitative estimate of drug-likeness (QED) is 0.794. The van der Waals surface area contributed by atoms with Gasteiger partial charge in [-0.2, -0.15) is 5.26 Å². The number of nitriles is 1. The maximum atomic E-state index is 12.1. The van der Waals surface area contributed by atoms with Gasteiger partial charge < -0.3 is 14.5 Å². The van der Waals surface area contributed by atoms with Crippen LogP contribution in [0.2, 0.25) is 0 Å². The minimum Gasteiger partial charge on any atom is -0.383 e. The van der Waals surface area contributed by atoms with Crippen LogP contribution in [-0.4, -0.2) is 62.1 Å². The van der Waals surface area contributed by atoms with Gasteiger partial charge in [-0.1, -0.05) is 30.3 Å². The van der Waals surface area contributed by atoms with E-state index in [0.29, 0.717) is 25.5 Å². The minimum atomic E-state index is -0.353. The van der Waals surface area contributed by atoms with Crippen LogP contribution < -0.4 is 0 Å². The van der Waals surface area contributed by atoms with E-state index >= 15 is 0 Å². The summed E-state index contributed by atoms with van der Waals surface area (Å²) in [5.41, 5.74) is 0.784. The highest BCUT2D eigenvalue weighted by atomic mass is 16.5. The molecule has 0 radical (unpaired) electrons. The number of piperidine rings is 1. The van der Waals surface area contributed by atoms with Crippen LogP contribution in [0.3, 0.4) is 0 Å². The summed E-state index contributed by atoms with van der Waals surface area (Å²) in [6.07, 6.45) is 2.37. The molecule has 1 aromatic rings. The Morgan fingerprint density at radius 2 is 2.00 bits per heavy atom. The van der Waals surface area contributed by atoms with Crippen molar-refractivity contribution in [3.63, 3.8) is 0 Å². The lowest BCUT2D eigenvalue weighted by molar-refractivity contribution is -0.128. The fourth-order valence-corrected chi connectivity index (χ4v) is 4.10. The van der Waals surface area contributed by atoms with E-state index in [2.05, 4.69) is 23.1 Å². The zero-order valence-electron chi connectivity index (χ0n) is 15.0. The summed E-state index contributed by atoms with van der Waals surface area (Å²) in [7, 11) is 1.67. The van der Waals surface area contributed by atoms with Gasteiger partial charge in [-0.15, -0.1) is 0 Å². The maximum Gasteiger partial charge on any atom is 0.223 e. The molecule has 25 heavy (non-hydrogen) atoms. The first kappa shape index (κ1) is 17.9. The third-order valence-electron chi connectivity index (χ3n) is 5.63. The first-order chi connectivity index (χ1) is 12.2. The number of carbonyl (C=O) groups excluding carboxylic acids is 1. The van der Waals surface area contributed by atoms with Crippen molar-refractivity contribution < 1.29 is 9.53 Å². The van der Waals surface area contributed by atoms with Crippen LogP contribution in [0.15, 0.2) is 30.3 Å². The number of likely N-dealkylation sites (tertiary alicyclic amines) is 2. The highest BCUT2D eigenvalue weighted by Crippen LogP contribution is 2.35. The van der Waals surface area contributed by atoms with Gasteiger partial charge in [0.25, 0.3) is 0 Å². The van der Waals surface area contributed by atoms with Crippen molar-refractivity contribution in [2.24, 2.45) is 5.92 Å². The molecule has 0 unspecified atom stereocenters. The second kappa shape index (κ2) is 7.99. The van der Waals surface area contributed by atoms with Crippen molar-refractivity contribution in [3.8, 4) is 6.07 Å². The molecule has 0 spiro atoms. The average molecular weight is 341 g/mol. The number of ether oxygens (including phenoxy) is 1. The monoisotopic (exact) mass is 341 g/mol. The second-order valence-corrected chi connectivity index (χ2v) is 7.26. The molecule has 2 saturated heterocycles. The zero-order chi connectivity index (χ0) is 17.7. The summed E-state index contributed by atoms with van der Waals surface area (Å²) in [6.45, 7) is 4.92. The van der Waals surface area contributed by atoms with Gasteiger partial charge in [-0.3, -0.25) is 4.79 Å². The molecule has 2 fully saturated rings. The van der Waals surface area contributed by atoms with E-state index in [1.807, 2.05) is 23.1 Å². The van der Waals surface area contributed by atoms with E-state index in [9.17, 15) is 10.1 Å². The van der Waals surface area contributed by atoms with Gasteiger partial charge >= 0.3 is 0 Å². The molecule has 3 rings (SSSR count). The lowest BCUT2D eigenvalue weighted by Crippen LogP contribution is -2.44. The third kappa shape index (κ3) is 4.02. The van der Waals surface area contributed by atoms with Gasteiger partial charge in [0.05, 0.1) is 18.1 Å². The molecule has 5 nitrogen and oxygen atoms in total. The molecular formula is C20H27N3O2. The van der Waals surface area contributed by atoms with Crippen LogP contribution in [-0.2, 0) is 14.9 Å². The van der Waals surface area contributed by atoms with Crippen molar-refractivity contribution in [2.75, 3.05) is 46.4 Å². The fraction of sp³-hybridized carbons (Fsp3) is 0.600. The van der Waals surface area contributed by atoms with Crippen molar-refractivity contribution >= 4 is 5.91 Å². The van der Waals surface area contributed by atoms with Crippen LogP contribution in [0.4, 0.5) is 0 Å². The Bertz CT molecular complexity index is 618. The number of hydrogen-bond donors (Lipinski definition) is 0. The highest BCUT2D eigenvalue weighted by molar-refractivity contribution is 5.78. The number of methoxy groups -OCH3 is 1. The maximum absolute atomic E-state index is 12.1. The summed E-state index contributed by atoms with van der Waals surface area (Å²) in [5.74, 6) is 0.644. The predicted octanol–water partition coefficient (Wildman–Crippen LogP) is 2.04. The average Bonchev–Trinajstić information content (AvgIpc) is 3.00. The number of benzene rings is 1. The molecule has 0 bridgehead atoms. The smallest absolute Gasteiger partial charge is 0.223 e. The standard InChI is InChI=1S/C20H27N3O2/c1-25-12-11-23-15-17(13-19(23)24)14-22-9-7-20(16-21,8-10-22)18-5-3-2-4-6-18/h2-6,17H,7-15H2,1H3/t17-/m0/s1. The van der Waals surface area contributed by atoms with Crippen molar-refractivity contribution in [3.05, 3.63) is 35.9 Å². The fourth-order valence-electron chi connectivity index (χ4n) is 4.10. The van der Waals surface area contributed by atoms with Crippen LogP contribution in [0.5, 0.6) is 0 Å². The molecule has 5 heteroatoms. The number of rotatable bonds is 6. The van der Waals surface area contributed by atoms with Gasteiger partial charge in [0.15, 0.2) is 0 Å². The highest BCUT2D eigenvalue weighted by Gasteiger charge is 2.38. The minimum absolute atomic E-state index is 0.245. The Morgan fingerprint density at radius 1 is 1.28 bits per heavy atom. The Labute approximate surface area is 150 Å². The molecule has 2 aliphatic heterocycles. The summed E-state index contributed by atoms with van der Waals surface area (Å²) < 4.78 is 5.08.